The molecule has 6 heteroatoms. The fraction of sp³-hybridized carbons (Fsp3) is 0.379. The third-order valence-corrected chi connectivity index (χ3v) is 7.81. The lowest BCUT2D eigenvalue weighted by molar-refractivity contribution is 0.0283. The number of amides is 1. The van der Waals surface area contributed by atoms with Crippen LogP contribution in [-0.2, 0) is 13.2 Å². The smallest absolute Gasteiger partial charge is 0.254 e. The summed E-state index contributed by atoms with van der Waals surface area (Å²) in [6.45, 7) is 5.29. The van der Waals surface area contributed by atoms with Gasteiger partial charge in [0.1, 0.15) is 17.5 Å². The number of likely N-dealkylation sites (tertiary alicyclic amines) is 2. The van der Waals surface area contributed by atoms with Crippen molar-refractivity contribution in [3.05, 3.63) is 94.8 Å². The van der Waals surface area contributed by atoms with Crippen molar-refractivity contribution in [1.29, 1.82) is 0 Å². The van der Waals surface area contributed by atoms with E-state index in [-0.39, 0.29) is 5.91 Å². The first-order chi connectivity index (χ1) is 17.1. The van der Waals surface area contributed by atoms with Gasteiger partial charge in [0.25, 0.3) is 5.91 Å². The van der Waals surface area contributed by atoms with Gasteiger partial charge in [-0.05, 0) is 68.0 Å². The summed E-state index contributed by atoms with van der Waals surface area (Å²) < 4.78 is 6.18. The van der Waals surface area contributed by atoms with Gasteiger partial charge in [-0.3, -0.25) is 9.69 Å². The molecular formula is C29H32ClN3O2. The van der Waals surface area contributed by atoms with E-state index < -0.39 is 0 Å². The zero-order valence-corrected chi connectivity index (χ0v) is 20.8. The number of hydrogen-bond donors (Lipinski definition) is 0. The van der Waals surface area contributed by atoms with Crippen molar-refractivity contribution in [1.82, 2.24) is 14.8 Å². The number of carbonyl (C=O) groups excluding carboxylic acids is 1. The van der Waals surface area contributed by atoms with Gasteiger partial charge in [0.15, 0.2) is 0 Å². The second-order valence-corrected chi connectivity index (χ2v) is 10.2. The lowest BCUT2D eigenvalue weighted by Crippen LogP contribution is -2.48. The van der Waals surface area contributed by atoms with Crippen LogP contribution in [0.1, 0.15) is 47.2 Å². The molecule has 1 aromatic heterocycles. The fourth-order valence-corrected chi connectivity index (χ4v) is 5.51. The Kier molecular flexibility index (Phi) is 7.35. The number of rotatable bonds is 6. The number of halogens is 1. The van der Waals surface area contributed by atoms with Crippen molar-refractivity contribution in [3.8, 4) is 5.75 Å². The minimum absolute atomic E-state index is 0.0636. The third-order valence-electron chi connectivity index (χ3n) is 7.61. The number of benzene rings is 2. The summed E-state index contributed by atoms with van der Waals surface area (Å²) in [6.07, 6.45) is 6.11. The number of ether oxygens (including phenoxy) is 1. The molecule has 35 heavy (non-hydrogen) atoms. The highest BCUT2D eigenvalue weighted by Crippen LogP contribution is 2.42. The lowest BCUT2D eigenvalue weighted by atomic mass is 9.71. The van der Waals surface area contributed by atoms with E-state index in [0.717, 1.165) is 51.3 Å². The van der Waals surface area contributed by atoms with Gasteiger partial charge >= 0.3 is 0 Å². The van der Waals surface area contributed by atoms with Crippen LogP contribution in [-0.4, -0.2) is 46.9 Å². The summed E-state index contributed by atoms with van der Waals surface area (Å²) in [5.41, 5.74) is 3.41. The minimum Gasteiger partial charge on any atom is -0.489 e. The van der Waals surface area contributed by atoms with E-state index in [1.807, 2.05) is 29.2 Å². The summed E-state index contributed by atoms with van der Waals surface area (Å²) in [5, 5.41) is 0.365. The fourth-order valence-electron chi connectivity index (χ4n) is 5.34. The van der Waals surface area contributed by atoms with E-state index in [1.165, 1.54) is 24.0 Å². The number of carbonyl (C=O) groups is 1. The van der Waals surface area contributed by atoms with Crippen molar-refractivity contribution in [2.45, 2.75) is 38.8 Å². The highest BCUT2D eigenvalue weighted by atomic mass is 35.5. The normalized spacial score (nSPS) is 17.9. The monoisotopic (exact) mass is 489 g/mol. The molecule has 2 aliphatic rings. The van der Waals surface area contributed by atoms with Crippen LogP contribution in [0.2, 0.25) is 5.15 Å². The maximum atomic E-state index is 12.9. The zero-order chi connectivity index (χ0) is 24.1. The van der Waals surface area contributed by atoms with Crippen molar-refractivity contribution < 1.29 is 9.53 Å². The molecule has 0 bridgehead atoms. The molecule has 3 heterocycles. The number of hydrogen-bond acceptors (Lipinski definition) is 4. The van der Waals surface area contributed by atoms with Crippen molar-refractivity contribution in [3.63, 3.8) is 0 Å². The third kappa shape index (κ3) is 5.85. The molecule has 2 fully saturated rings. The van der Waals surface area contributed by atoms with Crippen molar-refractivity contribution >= 4 is 17.5 Å². The van der Waals surface area contributed by atoms with Crippen LogP contribution in [0.25, 0.3) is 0 Å². The first kappa shape index (κ1) is 23.8. The summed E-state index contributed by atoms with van der Waals surface area (Å²) >= 11 is 5.98. The Morgan fingerprint density at radius 2 is 1.60 bits per heavy atom. The van der Waals surface area contributed by atoms with E-state index in [9.17, 15) is 4.79 Å². The Bertz CT molecular complexity index is 1140. The number of para-hydroxylation sites is 1. The Morgan fingerprint density at radius 3 is 2.34 bits per heavy atom. The Balaban J connectivity index is 1.13. The molecule has 1 spiro atoms. The maximum absolute atomic E-state index is 12.9. The van der Waals surface area contributed by atoms with E-state index in [4.69, 9.17) is 16.3 Å². The van der Waals surface area contributed by atoms with Crippen LogP contribution in [0.3, 0.4) is 0 Å². The SMILES string of the molecule is O=C(c1ccnc(Cl)c1)N1CCC2(CCN(Cc3ccccc3OCc3ccccc3)CC2)CC1. The topological polar surface area (TPSA) is 45.7 Å². The predicted octanol–water partition coefficient (Wildman–Crippen LogP) is 5.83. The quantitative estimate of drug-likeness (QED) is 0.408. The van der Waals surface area contributed by atoms with Crippen molar-refractivity contribution in [2.75, 3.05) is 26.2 Å². The molecule has 3 aromatic rings. The number of nitrogens with zero attached hydrogens (tertiary/aromatic N) is 3. The molecule has 5 rings (SSSR count). The standard InChI is InChI=1S/C29H32ClN3O2/c30-27-20-24(10-15-31-27)28(34)33-18-13-29(14-19-33)11-16-32(17-12-29)21-25-8-4-5-9-26(25)35-22-23-6-2-1-3-7-23/h1-10,15,20H,11-14,16-19,21-22H2. The highest BCUT2D eigenvalue weighted by molar-refractivity contribution is 6.29. The second-order valence-electron chi connectivity index (χ2n) is 9.82. The van der Waals surface area contributed by atoms with Gasteiger partial charge in [0.05, 0.1) is 0 Å². The van der Waals surface area contributed by atoms with E-state index in [1.54, 1.807) is 18.3 Å². The average Bonchev–Trinajstić information content (AvgIpc) is 2.90. The predicted molar refractivity (Wildman–Crippen MR) is 139 cm³/mol. The van der Waals surface area contributed by atoms with Crippen LogP contribution >= 0.6 is 11.6 Å². The van der Waals surface area contributed by atoms with Crippen LogP contribution in [0.15, 0.2) is 72.9 Å². The molecule has 0 unspecified atom stereocenters. The number of piperidine rings is 2. The lowest BCUT2D eigenvalue weighted by Gasteiger charge is -2.47. The first-order valence-corrected chi connectivity index (χ1v) is 12.9. The molecule has 0 radical (unpaired) electrons. The van der Waals surface area contributed by atoms with E-state index in [0.29, 0.717) is 22.7 Å². The molecule has 0 aliphatic carbocycles. The van der Waals surface area contributed by atoms with E-state index in [2.05, 4.69) is 40.2 Å². The van der Waals surface area contributed by atoms with Gasteiger partial charge in [-0.1, -0.05) is 60.1 Å². The summed E-state index contributed by atoms with van der Waals surface area (Å²) in [5.74, 6) is 1.04. The largest absolute Gasteiger partial charge is 0.489 e. The Labute approximate surface area is 212 Å². The molecule has 1 amide bonds. The maximum Gasteiger partial charge on any atom is 0.254 e. The highest BCUT2D eigenvalue weighted by Gasteiger charge is 2.38. The number of aromatic nitrogens is 1. The Hall–Kier alpha value is -2.89. The molecule has 5 nitrogen and oxygen atoms in total. The summed E-state index contributed by atoms with van der Waals surface area (Å²) in [7, 11) is 0. The van der Waals surface area contributed by atoms with Crippen molar-refractivity contribution in [2.24, 2.45) is 5.41 Å². The molecule has 0 atom stereocenters. The van der Waals surface area contributed by atoms with Gasteiger partial charge < -0.3 is 9.64 Å². The second kappa shape index (κ2) is 10.8. The van der Waals surface area contributed by atoms with Crippen LogP contribution < -0.4 is 4.74 Å². The molecular weight excluding hydrogens is 458 g/mol. The van der Waals surface area contributed by atoms with Crippen LogP contribution in [0.4, 0.5) is 0 Å². The number of pyridine rings is 1. The molecule has 2 saturated heterocycles. The molecule has 0 N–H and O–H groups in total. The minimum atomic E-state index is 0.0636. The molecule has 2 aromatic carbocycles. The summed E-state index contributed by atoms with van der Waals surface area (Å²) in [6, 6.07) is 22.1. The molecule has 182 valence electrons. The van der Waals surface area contributed by atoms with Gasteiger partial charge in [0.2, 0.25) is 0 Å². The molecule has 2 aliphatic heterocycles. The molecule has 0 saturated carbocycles. The summed E-state index contributed by atoms with van der Waals surface area (Å²) in [4.78, 5) is 21.4. The zero-order valence-electron chi connectivity index (χ0n) is 20.0. The van der Waals surface area contributed by atoms with Gasteiger partial charge in [-0.15, -0.1) is 0 Å². The average molecular weight is 490 g/mol. The van der Waals surface area contributed by atoms with Gasteiger partial charge in [-0.25, -0.2) is 4.98 Å². The van der Waals surface area contributed by atoms with Crippen LogP contribution in [0, 0.1) is 5.41 Å². The first-order valence-electron chi connectivity index (χ1n) is 12.5. The van der Waals surface area contributed by atoms with E-state index >= 15 is 0 Å². The van der Waals surface area contributed by atoms with Gasteiger partial charge in [-0.2, -0.15) is 0 Å². The van der Waals surface area contributed by atoms with Crippen LogP contribution in [0.5, 0.6) is 5.75 Å². The Morgan fingerprint density at radius 1 is 0.914 bits per heavy atom. The van der Waals surface area contributed by atoms with Gasteiger partial charge in [0, 0.05) is 37.0 Å².